The summed E-state index contributed by atoms with van der Waals surface area (Å²) in [6.45, 7) is 4.05. The first-order chi connectivity index (χ1) is 14.5. The van der Waals surface area contributed by atoms with E-state index in [0.717, 1.165) is 22.5 Å². The van der Waals surface area contributed by atoms with Crippen LogP contribution < -0.4 is 0 Å². The van der Waals surface area contributed by atoms with Crippen LogP contribution in [0.1, 0.15) is 64.1 Å². The van der Waals surface area contributed by atoms with Crippen LogP contribution in [0.25, 0.3) is 0 Å². The van der Waals surface area contributed by atoms with E-state index in [0.29, 0.717) is 21.2 Å². The zero-order valence-corrected chi connectivity index (χ0v) is 18.0. The van der Waals surface area contributed by atoms with Gasteiger partial charge in [0.1, 0.15) is 0 Å². The number of hydrogen-bond acceptors (Lipinski definition) is 3. The van der Waals surface area contributed by atoms with Gasteiger partial charge in [0, 0.05) is 56.8 Å². The predicted molar refractivity (Wildman–Crippen MR) is 119 cm³/mol. The molecule has 2 unspecified atom stereocenters. The summed E-state index contributed by atoms with van der Waals surface area (Å²) in [6.07, 6.45) is 6.78. The van der Waals surface area contributed by atoms with Crippen molar-refractivity contribution in [2.45, 2.75) is 25.7 Å². The number of nitrogens with one attached hydrogen (secondary N) is 2. The number of hydrogen-bond donors (Lipinski definition) is 2. The first-order valence-corrected chi connectivity index (χ1v) is 10.3. The summed E-state index contributed by atoms with van der Waals surface area (Å²) in [5.74, 6) is -0.123. The van der Waals surface area contributed by atoms with E-state index in [1.54, 1.807) is 49.3 Å². The van der Waals surface area contributed by atoms with Gasteiger partial charge in [-0.05, 0) is 47.5 Å². The van der Waals surface area contributed by atoms with E-state index in [-0.39, 0.29) is 17.6 Å². The van der Waals surface area contributed by atoms with Crippen molar-refractivity contribution >= 4 is 29.0 Å². The molecule has 7 heteroatoms. The van der Waals surface area contributed by atoms with Gasteiger partial charge in [0.2, 0.25) is 0 Å². The summed E-state index contributed by atoms with van der Waals surface area (Å²) in [5, 5.41) is 1.22. The summed E-state index contributed by atoms with van der Waals surface area (Å²) in [4.78, 5) is 27.6. The van der Waals surface area contributed by atoms with E-state index in [9.17, 15) is 4.79 Å². The van der Waals surface area contributed by atoms with E-state index in [1.165, 1.54) is 0 Å². The fraction of sp³-hybridized carbons (Fsp3) is 0.174. The second kappa shape index (κ2) is 8.46. The number of halogens is 2. The van der Waals surface area contributed by atoms with Crippen LogP contribution in [0, 0.1) is 0 Å². The molecule has 0 saturated heterocycles. The molecule has 4 aromatic rings. The fourth-order valence-electron chi connectivity index (χ4n) is 3.54. The minimum Gasteiger partial charge on any atom is -0.348 e. The summed E-state index contributed by atoms with van der Waals surface area (Å²) in [6, 6.07) is 10.7. The average molecular weight is 439 g/mol. The molecular formula is C23H20Cl2N4O. The van der Waals surface area contributed by atoms with E-state index in [4.69, 9.17) is 23.2 Å². The third-order valence-corrected chi connectivity index (χ3v) is 6.11. The van der Waals surface area contributed by atoms with E-state index >= 15 is 0 Å². The Morgan fingerprint density at radius 1 is 0.800 bits per heavy atom. The SMILES string of the molecule is CC(c1cnc[nH]1)c1cc(C(=O)c2ccc(Cl)c(C(C)c3cnc[nH]3)c2)ccc1Cl. The topological polar surface area (TPSA) is 74.4 Å². The maximum atomic E-state index is 13.3. The highest BCUT2D eigenvalue weighted by molar-refractivity contribution is 6.32. The van der Waals surface area contributed by atoms with Crippen LogP contribution in [0.5, 0.6) is 0 Å². The summed E-state index contributed by atoms with van der Waals surface area (Å²) in [7, 11) is 0. The van der Waals surface area contributed by atoms with Crippen molar-refractivity contribution in [1.82, 2.24) is 19.9 Å². The minimum absolute atomic E-state index is 0.0195. The van der Waals surface area contributed by atoms with Crippen LogP contribution in [0.3, 0.4) is 0 Å². The number of imidazole rings is 2. The molecule has 2 N–H and O–H groups in total. The summed E-state index contributed by atoms with van der Waals surface area (Å²) < 4.78 is 0. The highest BCUT2D eigenvalue weighted by atomic mass is 35.5. The highest BCUT2D eigenvalue weighted by Gasteiger charge is 2.19. The lowest BCUT2D eigenvalue weighted by Gasteiger charge is -2.15. The number of ketones is 1. The Morgan fingerprint density at radius 2 is 1.23 bits per heavy atom. The molecule has 0 aliphatic heterocycles. The zero-order valence-electron chi connectivity index (χ0n) is 16.5. The molecule has 30 heavy (non-hydrogen) atoms. The Bertz CT molecular complexity index is 1080. The van der Waals surface area contributed by atoms with Crippen LogP contribution in [-0.2, 0) is 0 Å². The monoisotopic (exact) mass is 438 g/mol. The lowest BCUT2D eigenvalue weighted by atomic mass is 9.91. The van der Waals surface area contributed by atoms with Crippen LogP contribution in [-0.4, -0.2) is 25.7 Å². The number of benzene rings is 2. The Balaban J connectivity index is 1.68. The molecule has 0 amide bonds. The summed E-state index contributed by atoms with van der Waals surface area (Å²) in [5.41, 5.74) is 4.75. The number of carbonyl (C=O) groups excluding carboxylic acids is 1. The second-order valence-corrected chi connectivity index (χ2v) is 8.07. The third kappa shape index (κ3) is 3.91. The maximum Gasteiger partial charge on any atom is 0.193 e. The van der Waals surface area contributed by atoms with Crippen molar-refractivity contribution in [2.24, 2.45) is 0 Å². The Kier molecular flexibility index (Phi) is 5.75. The lowest BCUT2D eigenvalue weighted by molar-refractivity contribution is 0.103. The van der Waals surface area contributed by atoms with Gasteiger partial charge in [0.05, 0.1) is 12.7 Å². The first kappa shape index (κ1) is 20.4. The van der Waals surface area contributed by atoms with E-state index in [2.05, 4.69) is 19.9 Å². The van der Waals surface area contributed by atoms with Crippen molar-refractivity contribution in [2.75, 3.05) is 0 Å². The second-order valence-electron chi connectivity index (χ2n) is 7.26. The zero-order chi connectivity index (χ0) is 21.3. The van der Waals surface area contributed by atoms with Crippen LogP contribution in [0.15, 0.2) is 61.4 Å². The van der Waals surface area contributed by atoms with Gasteiger partial charge in [-0.15, -0.1) is 0 Å². The molecule has 0 radical (unpaired) electrons. The third-order valence-electron chi connectivity index (χ3n) is 5.42. The molecule has 152 valence electrons. The molecular weight excluding hydrogens is 419 g/mol. The van der Waals surface area contributed by atoms with Gasteiger partial charge >= 0.3 is 0 Å². The quantitative estimate of drug-likeness (QED) is 0.363. The number of nitrogens with zero attached hydrogens (tertiary/aromatic N) is 2. The van der Waals surface area contributed by atoms with Gasteiger partial charge in [0.15, 0.2) is 5.78 Å². The highest BCUT2D eigenvalue weighted by Crippen LogP contribution is 2.32. The van der Waals surface area contributed by atoms with Crippen molar-refractivity contribution < 1.29 is 4.79 Å². The molecule has 0 bridgehead atoms. The van der Waals surface area contributed by atoms with E-state index in [1.807, 2.05) is 26.0 Å². The number of aromatic nitrogens is 4. The average Bonchev–Trinajstić information content (AvgIpc) is 3.47. The Morgan fingerprint density at radius 3 is 1.60 bits per heavy atom. The molecule has 5 nitrogen and oxygen atoms in total. The molecule has 0 aliphatic rings. The Hall–Kier alpha value is -2.89. The van der Waals surface area contributed by atoms with Gasteiger partial charge in [-0.3, -0.25) is 4.79 Å². The first-order valence-electron chi connectivity index (χ1n) is 9.56. The largest absolute Gasteiger partial charge is 0.348 e. The smallest absolute Gasteiger partial charge is 0.193 e. The minimum atomic E-state index is -0.0838. The van der Waals surface area contributed by atoms with Crippen molar-refractivity contribution in [3.63, 3.8) is 0 Å². The lowest BCUT2D eigenvalue weighted by Crippen LogP contribution is -2.06. The van der Waals surface area contributed by atoms with Gasteiger partial charge in [-0.25, -0.2) is 9.97 Å². The molecule has 0 fully saturated rings. The normalized spacial score (nSPS) is 13.2. The molecule has 0 spiro atoms. The predicted octanol–water partition coefficient (Wildman–Crippen LogP) is 5.97. The van der Waals surface area contributed by atoms with Gasteiger partial charge in [-0.1, -0.05) is 37.0 Å². The van der Waals surface area contributed by atoms with Crippen molar-refractivity contribution in [3.05, 3.63) is 105 Å². The molecule has 2 aromatic carbocycles. The molecule has 2 atom stereocenters. The van der Waals surface area contributed by atoms with Crippen LogP contribution >= 0.6 is 23.2 Å². The summed E-state index contributed by atoms with van der Waals surface area (Å²) >= 11 is 12.9. The van der Waals surface area contributed by atoms with Gasteiger partial charge in [-0.2, -0.15) is 0 Å². The maximum absolute atomic E-state index is 13.3. The number of rotatable bonds is 6. The molecule has 2 aromatic heterocycles. The Labute approximate surface area is 184 Å². The van der Waals surface area contributed by atoms with Gasteiger partial charge in [0.25, 0.3) is 0 Å². The standard InChI is InChI=1S/C23H20Cl2N4O/c1-13(21-9-26-11-28-21)17-7-15(3-5-19(17)24)23(30)16-4-6-20(25)18(8-16)14(2)22-10-27-12-29-22/h3-14H,1-2H3,(H,26,28)(H,27,29). The van der Waals surface area contributed by atoms with Crippen LogP contribution in [0.4, 0.5) is 0 Å². The van der Waals surface area contributed by atoms with Crippen molar-refractivity contribution in [1.29, 1.82) is 0 Å². The van der Waals surface area contributed by atoms with Crippen LogP contribution in [0.2, 0.25) is 10.0 Å². The molecule has 2 heterocycles. The van der Waals surface area contributed by atoms with Crippen molar-refractivity contribution in [3.8, 4) is 0 Å². The molecule has 0 aliphatic carbocycles. The number of aromatic amines is 2. The number of carbonyl (C=O) groups is 1. The fourth-order valence-corrected chi connectivity index (χ4v) is 4.10. The number of H-pyrrole nitrogens is 2. The van der Waals surface area contributed by atoms with E-state index < -0.39 is 0 Å². The molecule has 0 saturated carbocycles. The van der Waals surface area contributed by atoms with Gasteiger partial charge < -0.3 is 9.97 Å². The molecule has 4 rings (SSSR count).